The summed E-state index contributed by atoms with van der Waals surface area (Å²) in [6.07, 6.45) is 0.731. The van der Waals surface area contributed by atoms with Gasteiger partial charge in [0.2, 0.25) is 11.8 Å². The van der Waals surface area contributed by atoms with Gasteiger partial charge < -0.3 is 33.2 Å². The molecule has 10 nitrogen and oxygen atoms in total. The van der Waals surface area contributed by atoms with Crippen LogP contribution < -0.4 is 28.3 Å². The molecule has 0 heterocycles. The minimum absolute atomic E-state index is 0.0441. The third-order valence-electron chi connectivity index (χ3n) is 7.09. The lowest BCUT2D eigenvalue weighted by molar-refractivity contribution is -0.141. The molecule has 0 aliphatic rings. The van der Waals surface area contributed by atoms with Gasteiger partial charge in [0.25, 0.3) is 0 Å². The maximum atomic E-state index is 14.5. The monoisotopic (exact) mass is 571 g/mol. The van der Waals surface area contributed by atoms with Gasteiger partial charge >= 0.3 is 6.03 Å². The summed E-state index contributed by atoms with van der Waals surface area (Å²) in [7, 11) is 0. The Bertz CT molecular complexity index is 1300. The molecule has 222 valence electrons. The Balaban J connectivity index is 2.02. The molecule has 0 spiro atoms. The van der Waals surface area contributed by atoms with E-state index in [1.807, 2.05) is 98.8 Å². The molecular weight excluding hydrogens is 530 g/mol. The lowest BCUT2D eigenvalue weighted by atomic mass is 9.89. The number of urea groups is 1. The Morgan fingerprint density at radius 3 is 1.79 bits per heavy atom. The summed E-state index contributed by atoms with van der Waals surface area (Å²) in [6.45, 7) is 4.41. The second-order valence-electron chi connectivity index (χ2n) is 10.6. The molecule has 9 N–H and O–H groups in total. The number of hydrogen-bond donors (Lipinski definition) is 5. The molecule has 0 fully saturated rings. The quantitative estimate of drug-likeness (QED) is 0.113. The van der Waals surface area contributed by atoms with Crippen LogP contribution >= 0.6 is 0 Å². The van der Waals surface area contributed by atoms with E-state index in [4.69, 9.17) is 22.9 Å². The van der Waals surface area contributed by atoms with Gasteiger partial charge in [-0.1, -0.05) is 98.8 Å². The highest BCUT2D eigenvalue weighted by molar-refractivity contribution is 5.92. The first kappa shape index (κ1) is 31.7. The smallest absolute Gasteiger partial charge is 0.312 e. The number of benzene rings is 3. The van der Waals surface area contributed by atoms with Crippen LogP contribution in [0, 0.1) is 5.92 Å². The van der Waals surface area contributed by atoms with E-state index in [0.29, 0.717) is 13.0 Å². The topological polar surface area (TPSA) is 183 Å². The maximum absolute atomic E-state index is 14.5. The van der Waals surface area contributed by atoms with E-state index in [1.54, 1.807) is 4.90 Å². The van der Waals surface area contributed by atoms with Gasteiger partial charge in [-0.15, -0.1) is 0 Å². The molecule has 42 heavy (non-hydrogen) atoms. The van der Waals surface area contributed by atoms with E-state index < -0.39 is 23.9 Å². The van der Waals surface area contributed by atoms with Crippen molar-refractivity contribution in [2.75, 3.05) is 6.54 Å². The highest BCUT2D eigenvalue weighted by Gasteiger charge is 2.34. The van der Waals surface area contributed by atoms with Crippen LogP contribution in [-0.4, -0.2) is 41.3 Å². The zero-order chi connectivity index (χ0) is 30.6. The number of amides is 4. The van der Waals surface area contributed by atoms with E-state index in [9.17, 15) is 14.4 Å². The normalized spacial score (nSPS) is 12.4. The zero-order valence-electron chi connectivity index (χ0n) is 24.1. The molecule has 4 amide bonds. The fraction of sp³-hybridized carbons (Fsp3) is 0.312. The number of nitrogens with two attached hydrogens (primary N) is 4. The van der Waals surface area contributed by atoms with Crippen molar-refractivity contribution in [2.24, 2.45) is 33.8 Å². The van der Waals surface area contributed by atoms with Crippen molar-refractivity contribution in [2.45, 2.75) is 51.2 Å². The molecule has 3 aromatic rings. The van der Waals surface area contributed by atoms with E-state index in [-0.39, 0.29) is 36.8 Å². The largest absolute Gasteiger partial charge is 0.370 e. The van der Waals surface area contributed by atoms with Crippen LogP contribution in [0.3, 0.4) is 0 Å². The van der Waals surface area contributed by atoms with Crippen molar-refractivity contribution in [1.29, 1.82) is 0 Å². The maximum Gasteiger partial charge on any atom is 0.312 e. The zero-order valence-corrected chi connectivity index (χ0v) is 24.1. The second-order valence-corrected chi connectivity index (χ2v) is 10.6. The van der Waals surface area contributed by atoms with Crippen LogP contribution in [0.15, 0.2) is 89.9 Å². The highest BCUT2D eigenvalue weighted by atomic mass is 16.2. The van der Waals surface area contributed by atoms with Crippen LogP contribution in [-0.2, 0) is 16.1 Å². The average molecular weight is 572 g/mol. The molecule has 0 aromatic heterocycles. The minimum Gasteiger partial charge on any atom is -0.370 e. The van der Waals surface area contributed by atoms with Crippen LogP contribution in [0.1, 0.15) is 60.9 Å². The molecule has 0 saturated carbocycles. The van der Waals surface area contributed by atoms with E-state index >= 15 is 0 Å². The Morgan fingerprint density at radius 1 is 0.786 bits per heavy atom. The number of nitrogens with one attached hydrogen (secondary N) is 1. The Hall–Kier alpha value is -4.86. The average Bonchev–Trinajstić information content (AvgIpc) is 2.96. The minimum atomic E-state index is -0.902. The van der Waals surface area contributed by atoms with Crippen LogP contribution in [0.4, 0.5) is 4.79 Å². The first-order valence-electron chi connectivity index (χ1n) is 14.0. The number of primary amides is 2. The van der Waals surface area contributed by atoms with Gasteiger partial charge in [-0.05, 0) is 41.0 Å². The van der Waals surface area contributed by atoms with E-state index in [1.165, 1.54) is 0 Å². The van der Waals surface area contributed by atoms with Gasteiger partial charge in [0, 0.05) is 13.1 Å². The van der Waals surface area contributed by atoms with Crippen molar-refractivity contribution >= 4 is 23.8 Å². The fourth-order valence-corrected chi connectivity index (χ4v) is 5.04. The van der Waals surface area contributed by atoms with Crippen molar-refractivity contribution in [3.8, 4) is 0 Å². The van der Waals surface area contributed by atoms with Crippen LogP contribution in [0.25, 0.3) is 0 Å². The molecule has 0 bridgehead atoms. The van der Waals surface area contributed by atoms with Crippen molar-refractivity contribution < 1.29 is 14.4 Å². The number of guanidine groups is 1. The predicted octanol–water partition coefficient (Wildman–Crippen LogP) is 3.12. The summed E-state index contributed by atoms with van der Waals surface area (Å²) in [5.41, 5.74) is 25.5. The SMILES string of the molecule is CC(C)C(NC(N)=O)c1ccc(CN(C(=O)C(c2ccccc2)c2ccccc2)[C@H](CCCN=C(N)N)C(N)=O)cc1. The number of aliphatic imine (C=N–C) groups is 1. The first-order valence-corrected chi connectivity index (χ1v) is 14.0. The standard InChI is InChI=1S/C32H41N7O3/c1-21(2)28(38-32(36)42)25-17-15-22(16-18-25)20-39(26(29(33)40)14-9-19-37-31(34)35)30(41)27(23-10-5-3-6-11-23)24-12-7-4-8-13-24/h3-8,10-13,15-18,21,26-28H,9,14,19-20H2,1-2H3,(H2,33,40)(H4,34,35,37)(H3,36,38,42)/t26-,28?/m1/s1. The molecule has 2 atom stereocenters. The van der Waals surface area contributed by atoms with Gasteiger partial charge in [-0.2, -0.15) is 0 Å². The molecule has 0 aliphatic carbocycles. The summed E-state index contributed by atoms with van der Waals surface area (Å²) in [5.74, 6) is -1.47. The third kappa shape index (κ3) is 8.82. The Morgan fingerprint density at radius 2 is 1.33 bits per heavy atom. The van der Waals surface area contributed by atoms with Crippen LogP contribution in [0.2, 0.25) is 0 Å². The van der Waals surface area contributed by atoms with E-state index in [2.05, 4.69) is 10.3 Å². The summed E-state index contributed by atoms with van der Waals surface area (Å²) in [5, 5.41) is 2.78. The molecular formula is C32H41N7O3. The number of nitrogens with zero attached hydrogens (tertiary/aromatic N) is 2. The lowest BCUT2D eigenvalue weighted by Gasteiger charge is -2.33. The molecule has 3 aromatic carbocycles. The van der Waals surface area contributed by atoms with Gasteiger partial charge in [0.1, 0.15) is 6.04 Å². The molecule has 0 saturated heterocycles. The third-order valence-corrected chi connectivity index (χ3v) is 7.09. The predicted molar refractivity (Wildman–Crippen MR) is 165 cm³/mol. The molecule has 3 rings (SSSR count). The van der Waals surface area contributed by atoms with Gasteiger partial charge in [-0.3, -0.25) is 14.6 Å². The summed E-state index contributed by atoms with van der Waals surface area (Å²) in [6, 6.07) is 24.7. The molecule has 0 aliphatic heterocycles. The number of rotatable bonds is 14. The lowest BCUT2D eigenvalue weighted by Crippen LogP contribution is -2.49. The second kappa shape index (κ2) is 15.2. The first-order chi connectivity index (χ1) is 20.1. The highest BCUT2D eigenvalue weighted by Crippen LogP contribution is 2.30. The summed E-state index contributed by atoms with van der Waals surface area (Å²) >= 11 is 0. The van der Waals surface area contributed by atoms with Gasteiger partial charge in [-0.25, -0.2) is 4.79 Å². The Labute approximate surface area is 247 Å². The van der Waals surface area contributed by atoms with E-state index in [0.717, 1.165) is 22.3 Å². The summed E-state index contributed by atoms with van der Waals surface area (Å²) in [4.78, 5) is 44.5. The fourth-order valence-electron chi connectivity index (χ4n) is 5.04. The summed E-state index contributed by atoms with van der Waals surface area (Å²) < 4.78 is 0. The van der Waals surface area contributed by atoms with Crippen LogP contribution in [0.5, 0.6) is 0 Å². The molecule has 10 heteroatoms. The number of carbonyl (C=O) groups excluding carboxylic acids is 3. The number of hydrogen-bond acceptors (Lipinski definition) is 4. The molecule has 1 unspecified atom stereocenters. The molecule has 0 radical (unpaired) electrons. The van der Waals surface area contributed by atoms with Crippen molar-refractivity contribution in [3.05, 3.63) is 107 Å². The van der Waals surface area contributed by atoms with Crippen molar-refractivity contribution in [1.82, 2.24) is 10.2 Å². The van der Waals surface area contributed by atoms with Gasteiger partial charge in [0.05, 0.1) is 12.0 Å². The van der Waals surface area contributed by atoms with Crippen molar-refractivity contribution in [3.63, 3.8) is 0 Å². The Kier molecular flexibility index (Phi) is 11.5. The number of carbonyl (C=O) groups is 3. The van der Waals surface area contributed by atoms with Gasteiger partial charge in [0.15, 0.2) is 5.96 Å².